The summed E-state index contributed by atoms with van der Waals surface area (Å²) in [5.74, 6) is -6.33. The predicted octanol–water partition coefficient (Wildman–Crippen LogP) is 5.01. The van der Waals surface area contributed by atoms with Crippen LogP contribution in [0, 0.1) is 29.3 Å². The second-order valence-electron chi connectivity index (χ2n) is 8.98. The molecule has 2 N–H and O–H groups in total. The standard InChI is InChI=1S/C22H20ClF3N4O4S/c23-15-4-3-11(21(31)29-14-6-16(24)19(26)17(25)7-14)5-18(15)35(33,34)20-12-1-2-13(20)9-22(32,8-12)10-28-30-27/h3-7,12-13,20,32H,1-2,8-10H2,(H,29,31)/t12-,13-,20?,22?/m0/s1. The Balaban J connectivity index is 1.61. The third kappa shape index (κ3) is 4.84. The van der Waals surface area contributed by atoms with Crippen LogP contribution in [-0.2, 0) is 9.84 Å². The van der Waals surface area contributed by atoms with E-state index in [0.717, 1.165) is 6.07 Å². The van der Waals surface area contributed by atoms with Crippen molar-refractivity contribution in [3.63, 3.8) is 0 Å². The lowest BCUT2D eigenvalue weighted by Gasteiger charge is -2.40. The molecule has 0 heterocycles. The Morgan fingerprint density at radius 3 is 2.34 bits per heavy atom. The molecule has 0 unspecified atom stereocenters. The molecule has 2 saturated carbocycles. The lowest BCUT2D eigenvalue weighted by atomic mass is 9.77. The number of carbonyl (C=O) groups is 1. The van der Waals surface area contributed by atoms with Crippen molar-refractivity contribution in [2.75, 3.05) is 11.9 Å². The van der Waals surface area contributed by atoms with Gasteiger partial charge in [-0.15, -0.1) is 0 Å². The molecule has 2 aromatic rings. The summed E-state index contributed by atoms with van der Waals surface area (Å²) in [4.78, 5) is 15.1. The highest BCUT2D eigenvalue weighted by atomic mass is 35.5. The Kier molecular flexibility index (Phi) is 6.76. The van der Waals surface area contributed by atoms with E-state index in [1.807, 2.05) is 0 Å². The summed E-state index contributed by atoms with van der Waals surface area (Å²) in [6, 6.07) is 4.77. The first-order valence-corrected chi connectivity index (χ1v) is 12.6. The van der Waals surface area contributed by atoms with Crippen LogP contribution in [0.15, 0.2) is 40.3 Å². The van der Waals surface area contributed by atoms with Gasteiger partial charge in [0, 0.05) is 28.3 Å². The Labute approximate surface area is 203 Å². The van der Waals surface area contributed by atoms with E-state index in [0.29, 0.717) is 25.0 Å². The van der Waals surface area contributed by atoms with Gasteiger partial charge in [0.25, 0.3) is 5.91 Å². The second-order valence-corrected chi connectivity index (χ2v) is 11.5. The molecule has 4 rings (SSSR count). The van der Waals surface area contributed by atoms with Gasteiger partial charge < -0.3 is 10.4 Å². The van der Waals surface area contributed by atoms with E-state index in [4.69, 9.17) is 17.1 Å². The first-order valence-electron chi connectivity index (χ1n) is 10.7. The maximum absolute atomic E-state index is 13.6. The van der Waals surface area contributed by atoms with Crippen molar-refractivity contribution in [1.82, 2.24) is 0 Å². The summed E-state index contributed by atoms with van der Waals surface area (Å²) in [6.45, 7) is -0.149. The SMILES string of the molecule is [N-]=[N+]=NCC1(O)C[C@@H]2CC[C@@H](C1)C2S(=O)(=O)c1cc(C(=O)Nc2cc(F)c(F)c(F)c2)ccc1Cl. The number of nitrogens with one attached hydrogen (secondary N) is 1. The lowest BCUT2D eigenvalue weighted by Crippen LogP contribution is -2.47. The number of azide groups is 1. The van der Waals surface area contributed by atoms with Crippen molar-refractivity contribution >= 4 is 33.0 Å². The zero-order valence-electron chi connectivity index (χ0n) is 18.1. The fourth-order valence-electron chi connectivity index (χ4n) is 5.28. The fraction of sp³-hybridized carbons (Fsp3) is 0.409. The molecule has 2 aromatic carbocycles. The van der Waals surface area contributed by atoms with Gasteiger partial charge in [0.05, 0.1) is 27.3 Å². The maximum Gasteiger partial charge on any atom is 0.255 e. The van der Waals surface area contributed by atoms with Crippen molar-refractivity contribution in [2.24, 2.45) is 17.0 Å². The van der Waals surface area contributed by atoms with Crippen LogP contribution in [0.25, 0.3) is 10.4 Å². The molecule has 1 amide bonds. The summed E-state index contributed by atoms with van der Waals surface area (Å²) < 4.78 is 67.4. The van der Waals surface area contributed by atoms with E-state index in [1.165, 1.54) is 12.1 Å². The van der Waals surface area contributed by atoms with Crippen molar-refractivity contribution in [3.8, 4) is 0 Å². The average molecular weight is 529 g/mol. The molecule has 13 heteroatoms. The Morgan fingerprint density at radius 1 is 1.17 bits per heavy atom. The number of anilines is 1. The van der Waals surface area contributed by atoms with Crippen LogP contribution in [0.1, 0.15) is 36.0 Å². The fourth-order valence-corrected chi connectivity index (χ4v) is 8.12. The van der Waals surface area contributed by atoms with Gasteiger partial charge in [0.2, 0.25) is 0 Å². The van der Waals surface area contributed by atoms with Crippen LogP contribution < -0.4 is 5.32 Å². The number of fused-ring (bicyclic) bond motifs is 2. The molecule has 2 bridgehead atoms. The number of carbonyl (C=O) groups excluding carboxylic acids is 1. The topological polar surface area (TPSA) is 132 Å². The van der Waals surface area contributed by atoms with E-state index in [1.54, 1.807) is 0 Å². The van der Waals surface area contributed by atoms with Crippen LogP contribution in [0.5, 0.6) is 0 Å². The van der Waals surface area contributed by atoms with Gasteiger partial charge in [-0.1, -0.05) is 16.7 Å². The highest BCUT2D eigenvalue weighted by Gasteiger charge is 2.54. The molecule has 35 heavy (non-hydrogen) atoms. The minimum absolute atomic E-state index is 0.102. The molecule has 0 aliphatic heterocycles. The van der Waals surface area contributed by atoms with E-state index in [2.05, 4.69) is 15.3 Å². The lowest BCUT2D eigenvalue weighted by molar-refractivity contribution is -0.0105. The van der Waals surface area contributed by atoms with Crippen LogP contribution in [0.2, 0.25) is 5.02 Å². The highest BCUT2D eigenvalue weighted by Crippen LogP contribution is 2.51. The summed E-state index contributed by atoms with van der Waals surface area (Å²) in [5, 5.41) is 15.5. The smallest absolute Gasteiger partial charge is 0.255 e. The van der Waals surface area contributed by atoms with Crippen LogP contribution in [-0.4, -0.2) is 36.8 Å². The van der Waals surface area contributed by atoms with E-state index < -0.39 is 55.9 Å². The Morgan fingerprint density at radius 2 is 1.77 bits per heavy atom. The van der Waals surface area contributed by atoms with Gasteiger partial charge in [-0.25, -0.2) is 21.6 Å². The van der Waals surface area contributed by atoms with Gasteiger partial charge in [-0.3, -0.25) is 4.79 Å². The average Bonchev–Trinajstić information content (AvgIpc) is 3.09. The van der Waals surface area contributed by atoms with Gasteiger partial charge in [0.1, 0.15) is 0 Å². The number of nitrogens with zero attached hydrogens (tertiary/aromatic N) is 3. The molecule has 2 aliphatic rings. The van der Waals surface area contributed by atoms with Crippen LogP contribution in [0.4, 0.5) is 18.9 Å². The van der Waals surface area contributed by atoms with Gasteiger partial charge in [0.15, 0.2) is 27.3 Å². The molecule has 0 spiro atoms. The quantitative estimate of drug-likeness (QED) is 0.236. The van der Waals surface area contributed by atoms with E-state index in [-0.39, 0.29) is 40.6 Å². The highest BCUT2D eigenvalue weighted by molar-refractivity contribution is 7.92. The molecule has 2 aliphatic carbocycles. The van der Waals surface area contributed by atoms with E-state index in [9.17, 15) is 31.5 Å². The number of rotatable bonds is 6. The summed E-state index contributed by atoms with van der Waals surface area (Å²) in [5.41, 5.74) is 6.80. The Hall–Kier alpha value is -2.79. The molecule has 2 atom stereocenters. The monoisotopic (exact) mass is 528 g/mol. The molecule has 8 nitrogen and oxygen atoms in total. The summed E-state index contributed by atoms with van der Waals surface area (Å²) in [7, 11) is -4.04. The number of sulfone groups is 1. The molecular formula is C22H20ClF3N4O4S. The first-order chi connectivity index (χ1) is 16.4. The van der Waals surface area contributed by atoms with Crippen LogP contribution in [0.3, 0.4) is 0 Å². The predicted molar refractivity (Wildman–Crippen MR) is 121 cm³/mol. The molecular weight excluding hydrogens is 509 g/mol. The Bertz CT molecular complexity index is 1310. The largest absolute Gasteiger partial charge is 0.390 e. The van der Waals surface area contributed by atoms with Gasteiger partial charge in [-0.2, -0.15) is 0 Å². The number of hydrogen-bond acceptors (Lipinski definition) is 5. The van der Waals surface area contributed by atoms with Crippen LogP contribution >= 0.6 is 11.6 Å². The third-order valence-corrected chi connectivity index (χ3v) is 9.53. The zero-order valence-corrected chi connectivity index (χ0v) is 19.7. The number of aliphatic hydroxyl groups is 1. The normalized spacial score (nSPS) is 25.7. The summed E-state index contributed by atoms with van der Waals surface area (Å²) >= 11 is 6.21. The number of halogens is 4. The number of amides is 1. The van der Waals surface area contributed by atoms with Crippen molar-refractivity contribution in [1.29, 1.82) is 0 Å². The van der Waals surface area contributed by atoms with Crippen molar-refractivity contribution in [2.45, 2.75) is 41.4 Å². The van der Waals surface area contributed by atoms with Gasteiger partial charge >= 0.3 is 0 Å². The van der Waals surface area contributed by atoms with E-state index >= 15 is 0 Å². The molecule has 186 valence electrons. The minimum atomic E-state index is -4.04. The maximum atomic E-state index is 13.6. The second kappa shape index (κ2) is 9.34. The van der Waals surface area contributed by atoms with Crippen molar-refractivity contribution in [3.05, 3.63) is 68.8 Å². The van der Waals surface area contributed by atoms with Crippen molar-refractivity contribution < 1.29 is 31.5 Å². The number of hydrogen-bond donors (Lipinski definition) is 2. The molecule has 2 fully saturated rings. The van der Waals surface area contributed by atoms with Gasteiger partial charge in [-0.05, 0) is 61.2 Å². The summed E-state index contributed by atoms with van der Waals surface area (Å²) in [6.07, 6.45) is 1.41. The first kappa shape index (κ1) is 25.3. The molecule has 0 aromatic heterocycles. The zero-order chi connectivity index (χ0) is 25.5. The molecule has 0 saturated heterocycles. The number of benzene rings is 2. The minimum Gasteiger partial charge on any atom is -0.390 e. The molecule has 0 radical (unpaired) electrons. The third-order valence-electron chi connectivity index (χ3n) is 6.65.